The van der Waals surface area contributed by atoms with E-state index in [-0.39, 0.29) is 0 Å². The molecule has 0 amide bonds. The van der Waals surface area contributed by atoms with Gasteiger partial charge in [0.15, 0.2) is 0 Å². The Kier molecular flexibility index (Phi) is 4.18. The van der Waals surface area contributed by atoms with Gasteiger partial charge in [-0.1, -0.05) is 6.42 Å². The first-order valence-corrected chi connectivity index (χ1v) is 6.66. The van der Waals surface area contributed by atoms with E-state index in [1.165, 1.54) is 19.3 Å². The summed E-state index contributed by atoms with van der Waals surface area (Å²) < 4.78 is 2.21. The number of nitrogens with zero attached hydrogens (tertiary/aromatic N) is 3. The summed E-state index contributed by atoms with van der Waals surface area (Å²) in [5.41, 5.74) is 5.84. The van der Waals surface area contributed by atoms with Gasteiger partial charge in [0.2, 0.25) is 0 Å². The fraction of sp³-hybridized carbons (Fsp3) is 0.769. The number of imidazole rings is 1. The predicted molar refractivity (Wildman–Crippen MR) is 69.6 cm³/mol. The third-order valence-electron chi connectivity index (χ3n) is 4.02. The molecule has 1 heterocycles. The van der Waals surface area contributed by atoms with E-state index < -0.39 is 0 Å². The number of aryl methyl sites for hydroxylation is 1. The zero-order chi connectivity index (χ0) is 12.3. The maximum atomic E-state index is 5.84. The third kappa shape index (κ3) is 2.69. The zero-order valence-electron chi connectivity index (χ0n) is 11.0. The van der Waals surface area contributed by atoms with Crippen molar-refractivity contribution in [1.82, 2.24) is 14.5 Å². The van der Waals surface area contributed by atoms with Gasteiger partial charge >= 0.3 is 0 Å². The van der Waals surface area contributed by atoms with Gasteiger partial charge in [0, 0.05) is 25.0 Å². The van der Waals surface area contributed by atoms with E-state index in [1.54, 1.807) is 0 Å². The summed E-state index contributed by atoms with van der Waals surface area (Å²) in [7, 11) is 2.20. The number of hydrogen-bond donors (Lipinski definition) is 1. The normalized spacial score (nSPS) is 24.7. The number of rotatable bonds is 5. The maximum Gasteiger partial charge on any atom is 0.122 e. The fourth-order valence-corrected chi connectivity index (χ4v) is 2.99. The molecule has 1 aliphatic rings. The lowest BCUT2D eigenvalue weighted by Gasteiger charge is -2.28. The van der Waals surface area contributed by atoms with Crippen LogP contribution >= 0.6 is 0 Å². The first-order chi connectivity index (χ1) is 8.26. The van der Waals surface area contributed by atoms with Gasteiger partial charge in [0.05, 0.1) is 6.54 Å². The summed E-state index contributed by atoms with van der Waals surface area (Å²) in [4.78, 5) is 6.87. The molecule has 0 radical (unpaired) electrons. The van der Waals surface area contributed by atoms with Crippen LogP contribution in [0.1, 0.15) is 32.0 Å². The van der Waals surface area contributed by atoms with E-state index in [0.717, 1.165) is 25.5 Å². The molecule has 1 aromatic heterocycles. The lowest BCUT2D eigenvalue weighted by Crippen LogP contribution is -2.37. The van der Waals surface area contributed by atoms with Crippen LogP contribution in [0.4, 0.5) is 0 Å². The highest BCUT2D eigenvalue weighted by molar-refractivity contribution is 4.94. The van der Waals surface area contributed by atoms with Crippen LogP contribution in [0, 0.1) is 5.92 Å². The smallest absolute Gasteiger partial charge is 0.122 e. The summed E-state index contributed by atoms with van der Waals surface area (Å²) in [5.74, 6) is 1.84. The van der Waals surface area contributed by atoms with Crippen LogP contribution in [0.15, 0.2) is 12.4 Å². The van der Waals surface area contributed by atoms with E-state index >= 15 is 0 Å². The van der Waals surface area contributed by atoms with Gasteiger partial charge in [0.25, 0.3) is 0 Å². The molecule has 4 heteroatoms. The minimum atomic E-state index is 0.641. The SMILES string of the molecule is CCn1ccnc1CN(C)C1CCCC1CN. The zero-order valence-corrected chi connectivity index (χ0v) is 11.0. The fourth-order valence-electron chi connectivity index (χ4n) is 2.99. The molecule has 1 saturated carbocycles. The Morgan fingerprint density at radius 2 is 2.35 bits per heavy atom. The lowest BCUT2D eigenvalue weighted by molar-refractivity contribution is 0.186. The number of aromatic nitrogens is 2. The molecular formula is C13H24N4. The second kappa shape index (κ2) is 5.65. The second-order valence-electron chi connectivity index (χ2n) is 5.04. The first-order valence-electron chi connectivity index (χ1n) is 6.66. The van der Waals surface area contributed by atoms with Crippen molar-refractivity contribution in [2.75, 3.05) is 13.6 Å². The summed E-state index contributed by atoms with van der Waals surface area (Å²) in [6.07, 6.45) is 7.83. The molecule has 2 unspecified atom stereocenters. The van der Waals surface area contributed by atoms with Crippen LogP contribution in [-0.2, 0) is 13.1 Å². The summed E-state index contributed by atoms with van der Waals surface area (Å²) in [6, 6.07) is 0.641. The molecule has 17 heavy (non-hydrogen) atoms. The minimum Gasteiger partial charge on any atom is -0.334 e. The topological polar surface area (TPSA) is 47.1 Å². The Labute approximate surface area is 104 Å². The Morgan fingerprint density at radius 3 is 3.06 bits per heavy atom. The number of hydrogen-bond acceptors (Lipinski definition) is 3. The quantitative estimate of drug-likeness (QED) is 0.842. The van der Waals surface area contributed by atoms with Crippen LogP contribution in [0.3, 0.4) is 0 Å². The summed E-state index contributed by atoms with van der Waals surface area (Å²) >= 11 is 0. The Balaban J connectivity index is 1.99. The average molecular weight is 236 g/mol. The predicted octanol–water partition coefficient (Wildman–Crippen LogP) is 1.46. The van der Waals surface area contributed by atoms with E-state index in [4.69, 9.17) is 5.73 Å². The van der Waals surface area contributed by atoms with Gasteiger partial charge in [-0.05, 0) is 39.3 Å². The van der Waals surface area contributed by atoms with Crippen LogP contribution in [0.2, 0.25) is 0 Å². The van der Waals surface area contributed by atoms with E-state index in [9.17, 15) is 0 Å². The van der Waals surface area contributed by atoms with Gasteiger partial charge in [-0.3, -0.25) is 4.90 Å². The first kappa shape index (κ1) is 12.6. The second-order valence-corrected chi connectivity index (χ2v) is 5.04. The Hall–Kier alpha value is -0.870. The highest BCUT2D eigenvalue weighted by Gasteiger charge is 2.29. The van der Waals surface area contributed by atoms with E-state index in [0.29, 0.717) is 12.0 Å². The molecule has 2 rings (SSSR count). The lowest BCUT2D eigenvalue weighted by atomic mass is 10.0. The molecule has 4 nitrogen and oxygen atoms in total. The van der Waals surface area contributed by atoms with Crippen molar-refractivity contribution in [2.24, 2.45) is 11.7 Å². The highest BCUT2D eigenvalue weighted by atomic mass is 15.2. The largest absolute Gasteiger partial charge is 0.334 e. The Morgan fingerprint density at radius 1 is 1.53 bits per heavy atom. The van der Waals surface area contributed by atoms with Crippen molar-refractivity contribution in [2.45, 2.75) is 45.3 Å². The van der Waals surface area contributed by atoms with Gasteiger partial charge in [0.1, 0.15) is 5.82 Å². The van der Waals surface area contributed by atoms with Crippen molar-refractivity contribution < 1.29 is 0 Å². The van der Waals surface area contributed by atoms with Crippen LogP contribution in [-0.4, -0.2) is 34.1 Å². The molecule has 0 saturated heterocycles. The molecular weight excluding hydrogens is 212 g/mol. The average Bonchev–Trinajstić information content (AvgIpc) is 2.96. The molecule has 96 valence electrons. The highest BCUT2D eigenvalue weighted by Crippen LogP contribution is 2.29. The van der Waals surface area contributed by atoms with Crippen LogP contribution in [0.25, 0.3) is 0 Å². The summed E-state index contributed by atoms with van der Waals surface area (Å²) in [5, 5.41) is 0. The standard InChI is InChI=1S/C13H24N4/c1-3-17-8-7-15-13(17)10-16(2)12-6-4-5-11(12)9-14/h7-8,11-12H,3-6,9-10,14H2,1-2H3. The van der Waals surface area contributed by atoms with Gasteiger partial charge in [-0.2, -0.15) is 0 Å². The van der Waals surface area contributed by atoms with E-state index in [1.807, 2.05) is 6.20 Å². The molecule has 0 aromatic carbocycles. The van der Waals surface area contributed by atoms with Crippen molar-refractivity contribution >= 4 is 0 Å². The Bertz CT molecular complexity index is 347. The maximum absolute atomic E-state index is 5.84. The van der Waals surface area contributed by atoms with Crippen molar-refractivity contribution in [3.05, 3.63) is 18.2 Å². The molecule has 0 aliphatic heterocycles. The molecule has 1 aromatic rings. The molecule has 0 spiro atoms. The van der Waals surface area contributed by atoms with E-state index in [2.05, 4.69) is 34.6 Å². The number of nitrogens with two attached hydrogens (primary N) is 1. The van der Waals surface area contributed by atoms with Crippen LogP contribution in [0.5, 0.6) is 0 Å². The molecule has 2 atom stereocenters. The van der Waals surface area contributed by atoms with Gasteiger partial charge in [-0.25, -0.2) is 4.98 Å². The van der Waals surface area contributed by atoms with Crippen molar-refractivity contribution in [3.63, 3.8) is 0 Å². The molecule has 1 aliphatic carbocycles. The molecule has 2 N–H and O–H groups in total. The van der Waals surface area contributed by atoms with Gasteiger partial charge in [-0.15, -0.1) is 0 Å². The van der Waals surface area contributed by atoms with Crippen molar-refractivity contribution in [3.8, 4) is 0 Å². The van der Waals surface area contributed by atoms with Crippen molar-refractivity contribution in [1.29, 1.82) is 0 Å². The third-order valence-corrected chi connectivity index (χ3v) is 4.02. The summed E-state index contributed by atoms with van der Waals surface area (Å²) in [6.45, 7) is 4.90. The van der Waals surface area contributed by atoms with Gasteiger partial charge < -0.3 is 10.3 Å². The monoisotopic (exact) mass is 236 g/mol. The minimum absolute atomic E-state index is 0.641. The molecule has 1 fully saturated rings. The molecule has 0 bridgehead atoms. The van der Waals surface area contributed by atoms with Crippen LogP contribution < -0.4 is 5.73 Å².